The highest BCUT2D eigenvalue weighted by Crippen LogP contribution is 2.25. The van der Waals surface area contributed by atoms with Crippen molar-refractivity contribution in [2.24, 2.45) is 0 Å². The van der Waals surface area contributed by atoms with Crippen LogP contribution in [-0.4, -0.2) is 13.1 Å². The maximum atomic E-state index is 11.5. The average Bonchev–Trinajstić information content (AvgIpc) is 2.77. The number of carbonyl (C=O) groups is 1. The molecule has 2 rings (SSSR count). The Balaban J connectivity index is 2.48. The highest BCUT2D eigenvalue weighted by Gasteiger charge is 2.16. The zero-order valence-electron chi connectivity index (χ0n) is 9.19. The van der Waals surface area contributed by atoms with E-state index in [2.05, 4.69) is 4.74 Å². The van der Waals surface area contributed by atoms with Gasteiger partial charge < -0.3 is 9.15 Å². The minimum Gasteiger partial charge on any atom is -0.465 e. The van der Waals surface area contributed by atoms with Gasteiger partial charge in [-0.3, -0.25) is 0 Å². The van der Waals surface area contributed by atoms with E-state index in [1.54, 1.807) is 6.07 Å². The summed E-state index contributed by atoms with van der Waals surface area (Å²) in [5.74, 6) is 0.167. The van der Waals surface area contributed by atoms with Crippen LogP contribution in [0.25, 0.3) is 11.3 Å². The lowest BCUT2D eigenvalue weighted by molar-refractivity contribution is 0.0601. The quantitative estimate of drug-likeness (QED) is 0.724. The topological polar surface area (TPSA) is 39.4 Å². The molecule has 0 amide bonds. The van der Waals surface area contributed by atoms with Crippen molar-refractivity contribution in [1.82, 2.24) is 0 Å². The van der Waals surface area contributed by atoms with Gasteiger partial charge in [-0.05, 0) is 19.1 Å². The van der Waals surface area contributed by atoms with Crippen molar-refractivity contribution in [1.29, 1.82) is 0 Å². The fourth-order valence-electron chi connectivity index (χ4n) is 1.59. The molecule has 0 unspecified atom stereocenters. The molecule has 0 saturated heterocycles. The van der Waals surface area contributed by atoms with Gasteiger partial charge in [-0.25, -0.2) is 4.79 Å². The Labute approximate surface area is 93.7 Å². The summed E-state index contributed by atoms with van der Waals surface area (Å²) in [6, 6.07) is 9.39. The maximum absolute atomic E-state index is 11.5. The van der Waals surface area contributed by atoms with Crippen LogP contribution in [0.5, 0.6) is 0 Å². The summed E-state index contributed by atoms with van der Waals surface area (Å²) in [6.45, 7) is 1.99. The predicted octanol–water partition coefficient (Wildman–Crippen LogP) is 3.04. The first kappa shape index (κ1) is 10.5. The Bertz CT molecular complexity index is 511. The van der Waals surface area contributed by atoms with Crippen LogP contribution in [0.1, 0.15) is 15.9 Å². The van der Waals surface area contributed by atoms with Crippen LogP contribution in [0.15, 0.2) is 41.0 Å². The Morgan fingerprint density at radius 1 is 1.31 bits per heavy atom. The normalized spacial score (nSPS) is 10.1. The number of benzene rings is 1. The summed E-state index contributed by atoms with van der Waals surface area (Å²) in [5, 5.41) is 0. The lowest BCUT2D eigenvalue weighted by Gasteiger charge is -2.02. The second-order valence-corrected chi connectivity index (χ2v) is 3.52. The maximum Gasteiger partial charge on any atom is 0.341 e. The molecule has 0 aliphatic heterocycles. The van der Waals surface area contributed by atoms with E-state index in [-0.39, 0.29) is 5.97 Å². The van der Waals surface area contributed by atoms with Crippen LogP contribution in [0.4, 0.5) is 0 Å². The summed E-state index contributed by atoms with van der Waals surface area (Å²) < 4.78 is 10.0. The smallest absolute Gasteiger partial charge is 0.341 e. The average molecular weight is 216 g/mol. The lowest BCUT2D eigenvalue weighted by atomic mass is 10.1. The molecule has 0 atom stereocenters. The zero-order chi connectivity index (χ0) is 11.5. The summed E-state index contributed by atoms with van der Waals surface area (Å²) in [7, 11) is 1.36. The predicted molar refractivity (Wildman–Crippen MR) is 60.2 cm³/mol. The first-order valence-corrected chi connectivity index (χ1v) is 4.95. The number of aryl methyl sites for hydroxylation is 1. The number of ether oxygens (including phenoxy) is 1. The van der Waals surface area contributed by atoms with Crippen molar-refractivity contribution in [3.05, 3.63) is 47.7 Å². The Morgan fingerprint density at radius 2 is 2.12 bits per heavy atom. The molecular formula is C13H12O3. The van der Waals surface area contributed by atoms with Crippen LogP contribution >= 0.6 is 0 Å². The number of rotatable bonds is 2. The van der Waals surface area contributed by atoms with Crippen molar-refractivity contribution in [3.8, 4) is 11.3 Å². The molecule has 2 aromatic rings. The van der Waals surface area contributed by atoms with Gasteiger partial charge in [0.1, 0.15) is 11.3 Å². The molecule has 16 heavy (non-hydrogen) atoms. The third-order valence-electron chi connectivity index (χ3n) is 2.35. The lowest BCUT2D eigenvalue weighted by Crippen LogP contribution is -2.00. The Morgan fingerprint density at radius 3 is 2.81 bits per heavy atom. The minimum absolute atomic E-state index is 0.384. The van der Waals surface area contributed by atoms with Crippen molar-refractivity contribution < 1.29 is 13.9 Å². The van der Waals surface area contributed by atoms with Crippen LogP contribution in [0.3, 0.4) is 0 Å². The van der Waals surface area contributed by atoms with Crippen LogP contribution < -0.4 is 0 Å². The SMILES string of the molecule is COC(=O)c1ccoc1-c1cccc(C)c1. The number of carbonyl (C=O) groups excluding carboxylic acids is 1. The standard InChI is InChI=1S/C13H12O3/c1-9-4-3-5-10(8-9)12-11(6-7-16-12)13(14)15-2/h3-8H,1-2H3. The van der Waals surface area contributed by atoms with E-state index < -0.39 is 0 Å². The molecule has 1 heterocycles. The van der Waals surface area contributed by atoms with Crippen molar-refractivity contribution >= 4 is 5.97 Å². The molecule has 0 saturated carbocycles. The van der Waals surface area contributed by atoms with Crippen molar-refractivity contribution in [2.45, 2.75) is 6.92 Å². The third-order valence-corrected chi connectivity index (χ3v) is 2.35. The highest BCUT2D eigenvalue weighted by molar-refractivity contribution is 5.95. The molecule has 0 aliphatic rings. The number of methoxy groups -OCH3 is 1. The van der Waals surface area contributed by atoms with Gasteiger partial charge in [-0.15, -0.1) is 0 Å². The Kier molecular flexibility index (Phi) is 2.77. The monoisotopic (exact) mass is 216 g/mol. The highest BCUT2D eigenvalue weighted by atomic mass is 16.5. The second-order valence-electron chi connectivity index (χ2n) is 3.52. The second kappa shape index (κ2) is 4.23. The van der Waals surface area contributed by atoms with E-state index in [4.69, 9.17) is 4.42 Å². The van der Waals surface area contributed by atoms with Gasteiger partial charge in [0.15, 0.2) is 0 Å². The summed E-state index contributed by atoms with van der Waals surface area (Å²) in [5.41, 5.74) is 2.45. The van der Waals surface area contributed by atoms with Crippen LogP contribution in [0.2, 0.25) is 0 Å². The van der Waals surface area contributed by atoms with E-state index in [9.17, 15) is 4.79 Å². The Hall–Kier alpha value is -2.03. The van der Waals surface area contributed by atoms with Gasteiger partial charge in [0, 0.05) is 5.56 Å². The van der Waals surface area contributed by atoms with Crippen molar-refractivity contribution in [2.75, 3.05) is 7.11 Å². The summed E-state index contributed by atoms with van der Waals surface area (Å²) in [6.07, 6.45) is 1.49. The van der Waals surface area contributed by atoms with Gasteiger partial charge >= 0.3 is 5.97 Å². The van der Waals surface area contributed by atoms with Gasteiger partial charge in [0.2, 0.25) is 0 Å². The molecular weight excluding hydrogens is 204 g/mol. The molecule has 0 fully saturated rings. The van der Waals surface area contributed by atoms with E-state index in [1.165, 1.54) is 13.4 Å². The third kappa shape index (κ3) is 1.84. The van der Waals surface area contributed by atoms with E-state index in [1.807, 2.05) is 31.2 Å². The number of furan rings is 1. The fourth-order valence-corrected chi connectivity index (χ4v) is 1.59. The molecule has 3 nitrogen and oxygen atoms in total. The number of esters is 1. The molecule has 0 bridgehead atoms. The zero-order valence-corrected chi connectivity index (χ0v) is 9.19. The van der Waals surface area contributed by atoms with Gasteiger partial charge in [-0.2, -0.15) is 0 Å². The largest absolute Gasteiger partial charge is 0.465 e. The minimum atomic E-state index is -0.384. The van der Waals surface area contributed by atoms with E-state index in [0.29, 0.717) is 11.3 Å². The van der Waals surface area contributed by atoms with Crippen LogP contribution in [0, 0.1) is 6.92 Å². The van der Waals surface area contributed by atoms with Crippen LogP contribution in [-0.2, 0) is 4.74 Å². The summed E-state index contributed by atoms with van der Waals surface area (Å²) in [4.78, 5) is 11.5. The number of hydrogen-bond acceptors (Lipinski definition) is 3. The summed E-state index contributed by atoms with van der Waals surface area (Å²) >= 11 is 0. The molecule has 0 N–H and O–H groups in total. The molecule has 0 spiro atoms. The molecule has 1 aromatic heterocycles. The molecule has 0 radical (unpaired) electrons. The van der Waals surface area contributed by atoms with Gasteiger partial charge in [0.05, 0.1) is 13.4 Å². The first-order valence-electron chi connectivity index (χ1n) is 4.95. The van der Waals surface area contributed by atoms with E-state index in [0.717, 1.165) is 11.1 Å². The first-order chi connectivity index (χ1) is 7.72. The fraction of sp³-hybridized carbons (Fsp3) is 0.154. The number of hydrogen-bond donors (Lipinski definition) is 0. The molecule has 0 aliphatic carbocycles. The molecule has 3 heteroatoms. The van der Waals surface area contributed by atoms with E-state index >= 15 is 0 Å². The van der Waals surface area contributed by atoms with Gasteiger partial charge in [0.25, 0.3) is 0 Å². The molecule has 82 valence electrons. The molecule has 1 aromatic carbocycles. The van der Waals surface area contributed by atoms with Gasteiger partial charge in [-0.1, -0.05) is 23.8 Å². The van der Waals surface area contributed by atoms with Crippen molar-refractivity contribution in [3.63, 3.8) is 0 Å².